The van der Waals surface area contributed by atoms with E-state index in [4.69, 9.17) is 22.1 Å². The fraction of sp³-hybridized carbons (Fsp3) is 0.143. The number of nitrogens with two attached hydrogens (primary N) is 1. The zero-order chi connectivity index (χ0) is 14.5. The minimum Gasteiger partial charge on any atom is -0.497 e. The monoisotopic (exact) mass is 291 g/mol. The zero-order valence-corrected chi connectivity index (χ0v) is 11.6. The molecule has 5 nitrogen and oxygen atoms in total. The van der Waals surface area contributed by atoms with Gasteiger partial charge in [-0.05, 0) is 23.8 Å². The number of anilines is 1. The van der Waals surface area contributed by atoms with E-state index in [1.54, 1.807) is 7.11 Å². The Morgan fingerprint density at radius 3 is 3.00 bits per heavy atom. The lowest BCUT2D eigenvalue weighted by Gasteiger charge is -2.08. The molecule has 0 aliphatic heterocycles. The summed E-state index contributed by atoms with van der Waals surface area (Å²) in [5.41, 5.74) is 7.16. The topological polar surface area (TPSA) is 77.2 Å². The fourth-order valence-electron chi connectivity index (χ4n) is 1.68. The van der Waals surface area contributed by atoms with Crippen LogP contribution in [0.25, 0.3) is 0 Å². The largest absolute Gasteiger partial charge is 0.497 e. The molecular formula is C14H14ClN3O2. The summed E-state index contributed by atoms with van der Waals surface area (Å²) in [7, 11) is 1.59. The number of hydrogen-bond donors (Lipinski definition) is 2. The fourth-order valence-corrected chi connectivity index (χ4v) is 1.87. The van der Waals surface area contributed by atoms with E-state index in [2.05, 4.69) is 10.3 Å². The van der Waals surface area contributed by atoms with E-state index in [1.165, 1.54) is 12.3 Å². The molecule has 1 aromatic heterocycles. The van der Waals surface area contributed by atoms with Gasteiger partial charge in [0, 0.05) is 6.54 Å². The van der Waals surface area contributed by atoms with Crippen LogP contribution < -0.4 is 15.8 Å². The SMILES string of the molecule is COc1cccc(CNC(=O)c2cc(N)cnc2Cl)c1. The molecule has 1 aromatic carbocycles. The van der Waals surface area contributed by atoms with Crippen molar-refractivity contribution >= 4 is 23.2 Å². The first-order chi connectivity index (χ1) is 9.60. The molecule has 0 fully saturated rings. The lowest BCUT2D eigenvalue weighted by atomic mass is 10.2. The van der Waals surface area contributed by atoms with E-state index >= 15 is 0 Å². The number of ether oxygens (including phenoxy) is 1. The third-order valence-corrected chi connectivity index (χ3v) is 2.99. The van der Waals surface area contributed by atoms with Crippen LogP contribution in [-0.4, -0.2) is 18.0 Å². The van der Waals surface area contributed by atoms with Crippen molar-refractivity contribution < 1.29 is 9.53 Å². The molecule has 20 heavy (non-hydrogen) atoms. The number of halogens is 1. The maximum absolute atomic E-state index is 12.0. The third kappa shape index (κ3) is 3.39. The van der Waals surface area contributed by atoms with Crippen LogP contribution in [0.3, 0.4) is 0 Å². The Labute approximate surface area is 121 Å². The normalized spacial score (nSPS) is 10.1. The lowest BCUT2D eigenvalue weighted by molar-refractivity contribution is 0.0950. The Kier molecular flexibility index (Phi) is 4.42. The molecule has 2 aromatic rings. The highest BCUT2D eigenvalue weighted by atomic mass is 35.5. The second-order valence-corrected chi connectivity index (χ2v) is 4.50. The summed E-state index contributed by atoms with van der Waals surface area (Å²) >= 11 is 5.87. The van der Waals surface area contributed by atoms with E-state index in [0.717, 1.165) is 11.3 Å². The summed E-state index contributed by atoms with van der Waals surface area (Å²) < 4.78 is 5.12. The van der Waals surface area contributed by atoms with Gasteiger partial charge >= 0.3 is 0 Å². The van der Waals surface area contributed by atoms with Crippen LogP contribution in [0.2, 0.25) is 5.15 Å². The molecule has 0 atom stereocenters. The van der Waals surface area contributed by atoms with Crippen LogP contribution in [0.5, 0.6) is 5.75 Å². The standard InChI is InChI=1S/C14H14ClN3O2/c1-20-11-4-2-3-9(5-11)7-18-14(19)12-6-10(16)8-17-13(12)15/h2-6,8H,7,16H2,1H3,(H,18,19). The van der Waals surface area contributed by atoms with Gasteiger partial charge in [0.05, 0.1) is 24.6 Å². The maximum atomic E-state index is 12.0. The van der Waals surface area contributed by atoms with Crippen molar-refractivity contribution in [2.75, 3.05) is 12.8 Å². The van der Waals surface area contributed by atoms with Gasteiger partial charge < -0.3 is 15.8 Å². The minimum absolute atomic E-state index is 0.127. The number of nitrogen functional groups attached to an aromatic ring is 1. The summed E-state index contributed by atoms with van der Waals surface area (Å²) in [5.74, 6) is 0.415. The Hall–Kier alpha value is -2.27. The van der Waals surface area contributed by atoms with Crippen molar-refractivity contribution in [1.82, 2.24) is 10.3 Å². The summed E-state index contributed by atoms with van der Waals surface area (Å²) in [4.78, 5) is 15.9. The molecule has 0 spiro atoms. The number of rotatable bonds is 4. The minimum atomic E-state index is -0.322. The maximum Gasteiger partial charge on any atom is 0.254 e. The second kappa shape index (κ2) is 6.25. The molecule has 6 heteroatoms. The molecule has 0 unspecified atom stereocenters. The molecule has 2 rings (SSSR count). The van der Waals surface area contributed by atoms with Crippen molar-refractivity contribution in [2.24, 2.45) is 0 Å². The second-order valence-electron chi connectivity index (χ2n) is 4.14. The number of aromatic nitrogens is 1. The van der Waals surface area contributed by atoms with Gasteiger partial charge in [0.15, 0.2) is 0 Å². The van der Waals surface area contributed by atoms with Crippen LogP contribution in [-0.2, 0) is 6.54 Å². The van der Waals surface area contributed by atoms with Gasteiger partial charge in [-0.25, -0.2) is 4.98 Å². The van der Waals surface area contributed by atoms with E-state index < -0.39 is 0 Å². The van der Waals surface area contributed by atoms with Crippen LogP contribution >= 0.6 is 11.6 Å². The van der Waals surface area contributed by atoms with Gasteiger partial charge in [0.2, 0.25) is 0 Å². The van der Waals surface area contributed by atoms with E-state index in [0.29, 0.717) is 12.2 Å². The number of carbonyl (C=O) groups is 1. The van der Waals surface area contributed by atoms with Crippen molar-refractivity contribution in [3.8, 4) is 5.75 Å². The van der Waals surface area contributed by atoms with Gasteiger partial charge in [-0.3, -0.25) is 4.79 Å². The van der Waals surface area contributed by atoms with E-state index in [1.807, 2.05) is 24.3 Å². The van der Waals surface area contributed by atoms with Gasteiger partial charge in [-0.15, -0.1) is 0 Å². The first-order valence-electron chi connectivity index (χ1n) is 5.92. The molecule has 104 valence electrons. The number of carbonyl (C=O) groups excluding carboxylic acids is 1. The molecular weight excluding hydrogens is 278 g/mol. The molecule has 1 heterocycles. The number of pyridine rings is 1. The van der Waals surface area contributed by atoms with E-state index in [-0.39, 0.29) is 16.6 Å². The highest BCUT2D eigenvalue weighted by Gasteiger charge is 2.11. The van der Waals surface area contributed by atoms with Crippen LogP contribution in [0, 0.1) is 0 Å². The highest BCUT2D eigenvalue weighted by Crippen LogP contribution is 2.16. The zero-order valence-electron chi connectivity index (χ0n) is 10.9. The number of methoxy groups -OCH3 is 1. The number of nitrogens with one attached hydrogen (secondary N) is 1. The van der Waals surface area contributed by atoms with Gasteiger partial charge in [0.1, 0.15) is 10.9 Å². The summed E-state index contributed by atoms with van der Waals surface area (Å²) in [6, 6.07) is 8.93. The highest BCUT2D eigenvalue weighted by molar-refractivity contribution is 6.32. The van der Waals surface area contributed by atoms with E-state index in [9.17, 15) is 4.79 Å². The summed E-state index contributed by atoms with van der Waals surface area (Å²) in [6.45, 7) is 0.362. The van der Waals surface area contributed by atoms with Crippen LogP contribution in [0.4, 0.5) is 5.69 Å². The van der Waals surface area contributed by atoms with Crippen molar-refractivity contribution in [1.29, 1.82) is 0 Å². The van der Waals surface area contributed by atoms with Crippen LogP contribution in [0.1, 0.15) is 15.9 Å². The quantitative estimate of drug-likeness (QED) is 0.847. The van der Waals surface area contributed by atoms with Gasteiger partial charge in [-0.1, -0.05) is 23.7 Å². The van der Waals surface area contributed by atoms with Crippen molar-refractivity contribution in [2.45, 2.75) is 6.54 Å². The first kappa shape index (κ1) is 14.1. The molecule has 0 radical (unpaired) electrons. The Morgan fingerprint density at radius 1 is 1.45 bits per heavy atom. The predicted octanol–water partition coefficient (Wildman–Crippen LogP) is 2.26. The average Bonchev–Trinajstić information content (AvgIpc) is 2.47. The van der Waals surface area contributed by atoms with Gasteiger partial charge in [-0.2, -0.15) is 0 Å². The molecule has 0 saturated carbocycles. The Bertz CT molecular complexity index is 632. The smallest absolute Gasteiger partial charge is 0.254 e. The first-order valence-corrected chi connectivity index (χ1v) is 6.30. The lowest BCUT2D eigenvalue weighted by Crippen LogP contribution is -2.23. The van der Waals surface area contributed by atoms with Crippen molar-refractivity contribution in [3.63, 3.8) is 0 Å². The molecule has 0 aliphatic rings. The molecule has 0 saturated heterocycles. The average molecular weight is 292 g/mol. The number of benzene rings is 1. The Morgan fingerprint density at radius 2 is 2.25 bits per heavy atom. The molecule has 1 amide bonds. The number of amides is 1. The number of nitrogens with zero attached hydrogens (tertiary/aromatic N) is 1. The summed E-state index contributed by atoms with van der Waals surface area (Å²) in [6.07, 6.45) is 1.40. The van der Waals surface area contributed by atoms with Crippen molar-refractivity contribution in [3.05, 3.63) is 52.8 Å². The molecule has 0 aliphatic carbocycles. The van der Waals surface area contributed by atoms with Crippen LogP contribution in [0.15, 0.2) is 36.5 Å². The van der Waals surface area contributed by atoms with Gasteiger partial charge in [0.25, 0.3) is 5.91 Å². The molecule has 3 N–H and O–H groups in total. The Balaban J connectivity index is 2.06. The molecule has 0 bridgehead atoms. The number of hydrogen-bond acceptors (Lipinski definition) is 4. The third-order valence-electron chi connectivity index (χ3n) is 2.69. The predicted molar refractivity (Wildman–Crippen MR) is 77.8 cm³/mol. The summed E-state index contributed by atoms with van der Waals surface area (Å²) in [5, 5.41) is 2.89.